The standard InChI is InChI=1S/C29H31Cl2NO5/c1-18-23-8-7-22(36-17-19-5-6-21(30)14-25(19)31)15-26(23)37-28(34)24(18)9-10-27(33)32-13-12-29(35)11-3-2-4-20(29)16-32/h5-8,14-15,20,35H,2-4,9-13,16-17H2,1H3/t20-,29+/m0/s1. The van der Waals surface area contributed by atoms with Crippen LogP contribution in [0.1, 0.15) is 55.2 Å². The van der Waals surface area contributed by atoms with E-state index >= 15 is 0 Å². The topological polar surface area (TPSA) is 80.0 Å². The van der Waals surface area contributed by atoms with E-state index in [1.165, 1.54) is 0 Å². The van der Waals surface area contributed by atoms with E-state index in [4.69, 9.17) is 32.4 Å². The molecule has 2 heterocycles. The maximum Gasteiger partial charge on any atom is 0.339 e. The number of ether oxygens (including phenoxy) is 1. The molecule has 0 unspecified atom stereocenters. The first kappa shape index (κ1) is 26.1. The number of hydrogen-bond donors (Lipinski definition) is 1. The third kappa shape index (κ3) is 5.52. The minimum atomic E-state index is -0.616. The number of nitrogens with zero attached hydrogens (tertiary/aromatic N) is 1. The number of carbonyl (C=O) groups excluding carboxylic acids is 1. The summed E-state index contributed by atoms with van der Waals surface area (Å²) >= 11 is 12.2. The SMILES string of the molecule is Cc1c(CCC(=O)N2CC[C@]3(O)CCCC[C@H]3C2)c(=O)oc2cc(OCc3ccc(Cl)cc3Cl)ccc12. The van der Waals surface area contributed by atoms with Crippen LogP contribution in [0, 0.1) is 12.8 Å². The van der Waals surface area contributed by atoms with Gasteiger partial charge in [0.25, 0.3) is 0 Å². The lowest BCUT2D eigenvalue weighted by Gasteiger charge is -2.47. The van der Waals surface area contributed by atoms with Gasteiger partial charge in [0.15, 0.2) is 0 Å². The maximum absolute atomic E-state index is 13.0. The molecule has 3 aromatic rings. The van der Waals surface area contributed by atoms with E-state index in [2.05, 4.69) is 0 Å². The minimum Gasteiger partial charge on any atom is -0.489 e. The van der Waals surface area contributed by atoms with Gasteiger partial charge < -0.3 is 19.2 Å². The molecule has 2 atom stereocenters. The molecule has 1 amide bonds. The van der Waals surface area contributed by atoms with Crippen LogP contribution in [0.15, 0.2) is 45.6 Å². The van der Waals surface area contributed by atoms with Crippen LogP contribution in [0.25, 0.3) is 11.0 Å². The average molecular weight is 544 g/mol. The Balaban J connectivity index is 1.25. The Morgan fingerprint density at radius 2 is 2.03 bits per heavy atom. The number of aliphatic hydroxyl groups is 1. The minimum absolute atomic E-state index is 0.0242. The highest BCUT2D eigenvalue weighted by Crippen LogP contribution is 2.40. The Kier molecular flexibility index (Phi) is 7.53. The predicted octanol–water partition coefficient (Wildman–Crippen LogP) is 6.07. The third-order valence-electron chi connectivity index (χ3n) is 8.04. The highest BCUT2D eigenvalue weighted by Gasteiger charge is 2.43. The summed E-state index contributed by atoms with van der Waals surface area (Å²) in [6.45, 7) is 3.31. The van der Waals surface area contributed by atoms with Gasteiger partial charge in [-0.15, -0.1) is 0 Å². The van der Waals surface area contributed by atoms with Gasteiger partial charge in [-0.3, -0.25) is 4.79 Å². The van der Waals surface area contributed by atoms with Gasteiger partial charge in [-0.2, -0.15) is 0 Å². The summed E-state index contributed by atoms with van der Waals surface area (Å²) in [6, 6.07) is 10.6. The zero-order valence-corrected chi connectivity index (χ0v) is 22.4. The summed E-state index contributed by atoms with van der Waals surface area (Å²) in [5.41, 5.74) is 1.51. The number of amides is 1. The van der Waals surface area contributed by atoms with Crippen molar-refractivity contribution in [2.24, 2.45) is 5.92 Å². The number of halogens is 2. The highest BCUT2D eigenvalue weighted by atomic mass is 35.5. The molecule has 8 heteroatoms. The summed E-state index contributed by atoms with van der Waals surface area (Å²) < 4.78 is 11.5. The van der Waals surface area contributed by atoms with Crippen molar-refractivity contribution in [3.63, 3.8) is 0 Å². The molecule has 37 heavy (non-hydrogen) atoms. The molecule has 1 saturated carbocycles. The van der Waals surface area contributed by atoms with E-state index in [9.17, 15) is 14.7 Å². The van der Waals surface area contributed by atoms with Crippen molar-refractivity contribution < 1.29 is 19.1 Å². The molecule has 1 saturated heterocycles. The number of carbonyl (C=O) groups is 1. The number of piperidine rings is 1. The molecule has 6 nitrogen and oxygen atoms in total. The normalized spacial score (nSPS) is 21.6. The van der Waals surface area contributed by atoms with Crippen molar-refractivity contribution in [2.75, 3.05) is 13.1 Å². The largest absolute Gasteiger partial charge is 0.489 e. The molecule has 196 valence electrons. The van der Waals surface area contributed by atoms with Crippen LogP contribution in [0.5, 0.6) is 5.75 Å². The molecular formula is C29H31Cl2NO5. The number of rotatable bonds is 6. The fraction of sp³-hybridized carbons (Fsp3) is 0.448. The molecule has 1 aliphatic carbocycles. The fourth-order valence-corrected chi connectivity index (χ4v) is 6.20. The van der Waals surface area contributed by atoms with Crippen LogP contribution in [-0.4, -0.2) is 34.6 Å². The number of hydrogen-bond acceptors (Lipinski definition) is 5. The number of aryl methyl sites for hydroxylation is 1. The van der Waals surface area contributed by atoms with Crippen LogP contribution >= 0.6 is 23.2 Å². The van der Waals surface area contributed by atoms with Gasteiger partial charge in [0.1, 0.15) is 17.9 Å². The first-order valence-corrected chi connectivity index (χ1v) is 13.6. The molecule has 2 aromatic carbocycles. The molecule has 2 fully saturated rings. The second-order valence-electron chi connectivity index (χ2n) is 10.3. The van der Waals surface area contributed by atoms with E-state index in [-0.39, 0.29) is 24.9 Å². The molecular weight excluding hydrogens is 513 g/mol. The van der Waals surface area contributed by atoms with E-state index in [1.54, 1.807) is 18.2 Å². The zero-order valence-electron chi connectivity index (χ0n) is 20.9. The summed E-state index contributed by atoms with van der Waals surface area (Å²) in [5.74, 6) is 0.728. The van der Waals surface area contributed by atoms with Crippen molar-refractivity contribution in [3.05, 3.63) is 73.6 Å². The van der Waals surface area contributed by atoms with Gasteiger partial charge in [-0.1, -0.05) is 42.1 Å². The summed E-state index contributed by atoms with van der Waals surface area (Å²) in [6.07, 6.45) is 5.16. The van der Waals surface area contributed by atoms with E-state index < -0.39 is 11.2 Å². The van der Waals surface area contributed by atoms with Crippen molar-refractivity contribution in [1.82, 2.24) is 4.90 Å². The Morgan fingerprint density at radius 3 is 2.84 bits per heavy atom. The van der Waals surface area contributed by atoms with Gasteiger partial charge in [-0.05, 0) is 62.4 Å². The van der Waals surface area contributed by atoms with Gasteiger partial charge in [0, 0.05) is 58.1 Å². The lowest BCUT2D eigenvalue weighted by atomic mass is 9.71. The zero-order chi connectivity index (χ0) is 26.2. The van der Waals surface area contributed by atoms with Crippen molar-refractivity contribution >= 4 is 40.1 Å². The van der Waals surface area contributed by atoms with E-state index in [1.807, 2.05) is 30.0 Å². The Morgan fingerprint density at radius 1 is 1.19 bits per heavy atom. The van der Waals surface area contributed by atoms with Gasteiger partial charge in [0.05, 0.1) is 5.60 Å². The van der Waals surface area contributed by atoms with Crippen LogP contribution < -0.4 is 10.4 Å². The van der Waals surface area contributed by atoms with Crippen LogP contribution in [0.2, 0.25) is 10.0 Å². The summed E-state index contributed by atoms with van der Waals surface area (Å²) in [5, 5.41) is 12.8. The lowest BCUT2D eigenvalue weighted by molar-refractivity contribution is -0.143. The van der Waals surface area contributed by atoms with Crippen molar-refractivity contribution in [1.29, 1.82) is 0 Å². The molecule has 0 spiro atoms. The Hall–Kier alpha value is -2.54. The highest BCUT2D eigenvalue weighted by molar-refractivity contribution is 6.35. The first-order chi connectivity index (χ1) is 17.7. The average Bonchev–Trinajstić information content (AvgIpc) is 2.87. The summed E-state index contributed by atoms with van der Waals surface area (Å²) in [7, 11) is 0. The second-order valence-corrected chi connectivity index (χ2v) is 11.2. The number of benzene rings is 2. The van der Waals surface area contributed by atoms with Crippen molar-refractivity contribution in [2.45, 2.75) is 64.1 Å². The molecule has 0 bridgehead atoms. The summed E-state index contributed by atoms with van der Waals surface area (Å²) in [4.78, 5) is 27.7. The van der Waals surface area contributed by atoms with E-state index in [0.717, 1.165) is 42.2 Å². The third-order valence-corrected chi connectivity index (χ3v) is 8.62. The Bertz CT molecular complexity index is 1390. The van der Waals surface area contributed by atoms with Gasteiger partial charge in [0.2, 0.25) is 5.91 Å². The monoisotopic (exact) mass is 543 g/mol. The van der Waals surface area contributed by atoms with Crippen LogP contribution in [0.3, 0.4) is 0 Å². The molecule has 1 aliphatic heterocycles. The molecule has 1 aromatic heterocycles. The lowest BCUT2D eigenvalue weighted by Crippen LogP contribution is -2.54. The molecule has 2 aliphatic rings. The number of fused-ring (bicyclic) bond motifs is 2. The van der Waals surface area contributed by atoms with Gasteiger partial charge in [-0.25, -0.2) is 4.79 Å². The van der Waals surface area contributed by atoms with Crippen molar-refractivity contribution in [3.8, 4) is 5.75 Å². The predicted molar refractivity (Wildman–Crippen MR) is 144 cm³/mol. The molecule has 1 N–H and O–H groups in total. The fourth-order valence-electron chi connectivity index (χ4n) is 5.74. The van der Waals surface area contributed by atoms with Crippen LogP contribution in [0.4, 0.5) is 0 Å². The smallest absolute Gasteiger partial charge is 0.339 e. The van der Waals surface area contributed by atoms with Gasteiger partial charge >= 0.3 is 5.63 Å². The maximum atomic E-state index is 13.0. The molecule has 5 rings (SSSR count). The molecule has 0 radical (unpaired) electrons. The van der Waals surface area contributed by atoms with Crippen LogP contribution in [-0.2, 0) is 17.8 Å². The second kappa shape index (κ2) is 10.7. The number of likely N-dealkylation sites (tertiary alicyclic amines) is 1. The Labute approximate surface area is 226 Å². The first-order valence-electron chi connectivity index (χ1n) is 12.9. The quantitative estimate of drug-likeness (QED) is 0.381. The van der Waals surface area contributed by atoms with E-state index in [0.29, 0.717) is 52.9 Å².